The Kier molecular flexibility index (Phi) is 5.18. The van der Waals surface area contributed by atoms with Gasteiger partial charge in [0.05, 0.1) is 31.0 Å². The quantitative estimate of drug-likeness (QED) is 0.909. The Labute approximate surface area is 146 Å². The Balaban J connectivity index is 1.77. The molecule has 2 aromatic carbocycles. The molecule has 0 unspecified atom stereocenters. The second-order valence-electron chi connectivity index (χ2n) is 5.52. The van der Waals surface area contributed by atoms with Crippen LogP contribution in [-0.2, 0) is 9.59 Å². The van der Waals surface area contributed by atoms with Crippen molar-refractivity contribution < 1.29 is 19.1 Å². The highest BCUT2D eigenvalue weighted by atomic mass is 16.5. The fourth-order valence-corrected chi connectivity index (χ4v) is 2.68. The van der Waals surface area contributed by atoms with Crippen LogP contribution in [0.2, 0.25) is 0 Å². The Morgan fingerprint density at radius 2 is 1.96 bits per heavy atom. The van der Waals surface area contributed by atoms with E-state index >= 15 is 0 Å². The molecule has 0 atom stereocenters. The van der Waals surface area contributed by atoms with Gasteiger partial charge in [0.1, 0.15) is 18.0 Å². The Morgan fingerprint density at radius 1 is 1.20 bits per heavy atom. The summed E-state index contributed by atoms with van der Waals surface area (Å²) in [7, 11) is 0. The van der Waals surface area contributed by atoms with Crippen molar-refractivity contribution in [2.45, 2.75) is 13.3 Å². The SMILES string of the molecule is CCOc1ccccc1NC(=O)CN1C(=O)CCOc2ccccc21. The van der Waals surface area contributed by atoms with Crippen molar-refractivity contribution in [1.29, 1.82) is 0 Å². The number of carbonyl (C=O) groups is 2. The molecule has 0 saturated heterocycles. The first-order valence-electron chi connectivity index (χ1n) is 8.23. The summed E-state index contributed by atoms with van der Waals surface area (Å²) in [5, 5.41) is 2.82. The second kappa shape index (κ2) is 7.70. The molecule has 0 bridgehead atoms. The van der Waals surface area contributed by atoms with Gasteiger partial charge in [0, 0.05) is 0 Å². The van der Waals surface area contributed by atoms with Crippen LogP contribution in [0.3, 0.4) is 0 Å². The van der Waals surface area contributed by atoms with Gasteiger partial charge in [-0.25, -0.2) is 0 Å². The third-order valence-corrected chi connectivity index (χ3v) is 3.79. The summed E-state index contributed by atoms with van der Waals surface area (Å²) < 4.78 is 11.1. The van der Waals surface area contributed by atoms with Gasteiger partial charge in [-0.15, -0.1) is 0 Å². The first kappa shape index (κ1) is 16.8. The van der Waals surface area contributed by atoms with Gasteiger partial charge in [-0.2, -0.15) is 0 Å². The number of fused-ring (bicyclic) bond motifs is 1. The summed E-state index contributed by atoms with van der Waals surface area (Å²) in [6.45, 7) is 2.61. The van der Waals surface area contributed by atoms with Gasteiger partial charge in [-0.3, -0.25) is 14.5 Å². The predicted molar refractivity (Wildman–Crippen MR) is 95.1 cm³/mol. The molecule has 0 saturated carbocycles. The van der Waals surface area contributed by atoms with Crippen LogP contribution in [0.1, 0.15) is 13.3 Å². The van der Waals surface area contributed by atoms with Crippen molar-refractivity contribution in [1.82, 2.24) is 0 Å². The molecule has 0 aromatic heterocycles. The Morgan fingerprint density at radius 3 is 2.80 bits per heavy atom. The molecule has 0 aliphatic carbocycles. The zero-order valence-corrected chi connectivity index (χ0v) is 14.0. The minimum Gasteiger partial charge on any atom is -0.492 e. The van der Waals surface area contributed by atoms with Crippen LogP contribution in [0.5, 0.6) is 11.5 Å². The molecule has 1 N–H and O–H groups in total. The monoisotopic (exact) mass is 340 g/mol. The average molecular weight is 340 g/mol. The standard InChI is InChI=1S/C19H20N2O4/c1-2-24-16-9-5-3-7-14(16)20-18(22)13-21-15-8-4-6-10-17(15)25-12-11-19(21)23/h3-10H,2,11-13H2,1H3,(H,20,22). The van der Waals surface area contributed by atoms with E-state index < -0.39 is 0 Å². The van der Waals surface area contributed by atoms with Crippen LogP contribution >= 0.6 is 0 Å². The van der Waals surface area contributed by atoms with E-state index in [0.29, 0.717) is 36.1 Å². The third-order valence-electron chi connectivity index (χ3n) is 3.79. The van der Waals surface area contributed by atoms with E-state index in [0.717, 1.165) is 0 Å². The number of hydrogen-bond donors (Lipinski definition) is 1. The largest absolute Gasteiger partial charge is 0.492 e. The number of amides is 2. The minimum atomic E-state index is -0.294. The predicted octanol–water partition coefficient (Wildman–Crippen LogP) is 2.84. The molecule has 0 radical (unpaired) electrons. The molecule has 25 heavy (non-hydrogen) atoms. The van der Waals surface area contributed by atoms with E-state index in [1.807, 2.05) is 31.2 Å². The number of para-hydroxylation sites is 4. The maximum atomic E-state index is 12.5. The molecule has 1 aliphatic rings. The fourth-order valence-electron chi connectivity index (χ4n) is 2.68. The summed E-state index contributed by atoms with van der Waals surface area (Å²) in [4.78, 5) is 26.3. The fraction of sp³-hybridized carbons (Fsp3) is 0.263. The van der Waals surface area contributed by atoms with Crippen LogP contribution in [0.15, 0.2) is 48.5 Å². The van der Waals surface area contributed by atoms with Gasteiger partial charge in [0.25, 0.3) is 0 Å². The molecule has 3 rings (SSSR count). The molecular weight excluding hydrogens is 320 g/mol. The lowest BCUT2D eigenvalue weighted by molar-refractivity contribution is -0.121. The van der Waals surface area contributed by atoms with Crippen LogP contribution in [0.25, 0.3) is 0 Å². The highest BCUT2D eigenvalue weighted by Crippen LogP contribution is 2.31. The highest BCUT2D eigenvalue weighted by Gasteiger charge is 2.25. The van der Waals surface area contributed by atoms with Crippen molar-refractivity contribution in [3.8, 4) is 11.5 Å². The molecule has 6 heteroatoms. The Bertz CT molecular complexity index is 776. The van der Waals surface area contributed by atoms with Gasteiger partial charge in [-0.05, 0) is 31.2 Å². The number of ether oxygens (including phenoxy) is 2. The summed E-state index contributed by atoms with van der Waals surface area (Å²) in [6.07, 6.45) is 0.234. The smallest absolute Gasteiger partial charge is 0.244 e. The van der Waals surface area contributed by atoms with Crippen molar-refractivity contribution >= 4 is 23.2 Å². The average Bonchev–Trinajstić information content (AvgIpc) is 2.76. The molecule has 1 heterocycles. The molecule has 1 aliphatic heterocycles. The molecule has 2 aromatic rings. The Hall–Kier alpha value is -3.02. The topological polar surface area (TPSA) is 67.9 Å². The molecule has 130 valence electrons. The lowest BCUT2D eigenvalue weighted by atomic mass is 10.2. The highest BCUT2D eigenvalue weighted by molar-refractivity contribution is 6.04. The van der Waals surface area contributed by atoms with Gasteiger partial charge >= 0.3 is 0 Å². The van der Waals surface area contributed by atoms with E-state index in [9.17, 15) is 9.59 Å². The molecule has 2 amide bonds. The normalized spacial score (nSPS) is 13.5. The van der Waals surface area contributed by atoms with Crippen LogP contribution in [-0.4, -0.2) is 31.6 Å². The van der Waals surface area contributed by atoms with Crippen molar-refractivity contribution in [3.05, 3.63) is 48.5 Å². The van der Waals surface area contributed by atoms with E-state index in [-0.39, 0.29) is 24.8 Å². The lowest BCUT2D eigenvalue weighted by Crippen LogP contribution is -2.37. The molecule has 0 fully saturated rings. The lowest BCUT2D eigenvalue weighted by Gasteiger charge is -2.21. The van der Waals surface area contributed by atoms with Crippen LogP contribution in [0, 0.1) is 0 Å². The van der Waals surface area contributed by atoms with E-state index in [1.54, 1.807) is 24.3 Å². The number of rotatable bonds is 5. The number of nitrogens with one attached hydrogen (secondary N) is 1. The molecule has 0 spiro atoms. The number of nitrogens with zero attached hydrogens (tertiary/aromatic N) is 1. The van der Waals surface area contributed by atoms with E-state index in [4.69, 9.17) is 9.47 Å². The van der Waals surface area contributed by atoms with E-state index in [1.165, 1.54) is 4.90 Å². The number of hydrogen-bond acceptors (Lipinski definition) is 4. The zero-order chi connectivity index (χ0) is 17.6. The first-order chi connectivity index (χ1) is 12.2. The van der Waals surface area contributed by atoms with Crippen molar-refractivity contribution in [2.24, 2.45) is 0 Å². The summed E-state index contributed by atoms with van der Waals surface area (Å²) in [5.41, 5.74) is 1.19. The number of anilines is 2. The summed E-state index contributed by atoms with van der Waals surface area (Å²) >= 11 is 0. The van der Waals surface area contributed by atoms with Crippen LogP contribution < -0.4 is 19.7 Å². The zero-order valence-electron chi connectivity index (χ0n) is 14.0. The van der Waals surface area contributed by atoms with Gasteiger partial charge in [-0.1, -0.05) is 24.3 Å². The summed E-state index contributed by atoms with van der Waals surface area (Å²) in [5.74, 6) is 0.774. The minimum absolute atomic E-state index is 0.0837. The van der Waals surface area contributed by atoms with Gasteiger partial charge in [0.15, 0.2) is 0 Å². The maximum Gasteiger partial charge on any atom is 0.244 e. The van der Waals surface area contributed by atoms with Gasteiger partial charge in [0.2, 0.25) is 11.8 Å². The van der Waals surface area contributed by atoms with Gasteiger partial charge < -0.3 is 14.8 Å². The molecule has 6 nitrogen and oxygen atoms in total. The second-order valence-corrected chi connectivity index (χ2v) is 5.52. The number of carbonyl (C=O) groups excluding carboxylic acids is 2. The number of benzene rings is 2. The van der Waals surface area contributed by atoms with E-state index in [2.05, 4.69) is 5.32 Å². The first-order valence-corrected chi connectivity index (χ1v) is 8.23. The molecular formula is C19H20N2O4. The summed E-state index contributed by atoms with van der Waals surface area (Å²) in [6, 6.07) is 14.4. The maximum absolute atomic E-state index is 12.5. The van der Waals surface area contributed by atoms with Crippen molar-refractivity contribution in [2.75, 3.05) is 30.0 Å². The van der Waals surface area contributed by atoms with Crippen molar-refractivity contribution in [3.63, 3.8) is 0 Å². The van der Waals surface area contributed by atoms with Crippen LogP contribution in [0.4, 0.5) is 11.4 Å². The third kappa shape index (κ3) is 3.91.